The molecule has 4 heterocycles. The molecular weight excluding hydrogens is 655 g/mol. The average Bonchev–Trinajstić information content (AvgIpc) is 3.79. The zero-order valence-electron chi connectivity index (χ0n) is 27.7. The molecule has 0 amide bonds. The summed E-state index contributed by atoms with van der Waals surface area (Å²) in [7, 11) is 0. The van der Waals surface area contributed by atoms with Crippen molar-refractivity contribution in [3.63, 3.8) is 0 Å². The second-order valence-electron chi connectivity index (χ2n) is 13.1. The van der Waals surface area contributed by atoms with E-state index in [1.807, 2.05) is 41.7 Å². The van der Waals surface area contributed by atoms with Gasteiger partial charge in [-0.3, -0.25) is 0 Å². The zero-order chi connectivity index (χ0) is 34.2. The minimum atomic E-state index is 0.674. The van der Waals surface area contributed by atoms with Gasteiger partial charge >= 0.3 is 0 Å². The Morgan fingerprint density at radius 1 is 0.442 bits per heavy atom. The summed E-state index contributed by atoms with van der Waals surface area (Å²) in [6, 6.07) is 57.0. The number of thiophene rings is 1. The van der Waals surface area contributed by atoms with Crippen LogP contribution in [0.5, 0.6) is 0 Å². The van der Waals surface area contributed by atoms with Crippen LogP contribution < -0.4 is 0 Å². The number of para-hydroxylation sites is 3. The fraction of sp³-hybridized carbons (Fsp3) is 0. The molecule has 0 fully saturated rings. The van der Waals surface area contributed by atoms with E-state index in [1.165, 1.54) is 25.6 Å². The van der Waals surface area contributed by atoms with E-state index in [2.05, 4.69) is 133 Å². The van der Waals surface area contributed by atoms with Gasteiger partial charge in [-0.25, -0.2) is 15.0 Å². The van der Waals surface area contributed by atoms with Crippen LogP contribution in [0.25, 0.3) is 109 Å². The van der Waals surface area contributed by atoms with Crippen LogP contribution in [-0.2, 0) is 0 Å². The summed E-state index contributed by atoms with van der Waals surface area (Å²) in [5.41, 5.74) is 9.44. The molecule has 5 heteroatoms. The highest BCUT2D eigenvalue weighted by atomic mass is 32.1. The molecule has 52 heavy (non-hydrogen) atoms. The van der Waals surface area contributed by atoms with Crippen molar-refractivity contribution in [3.8, 4) is 45.2 Å². The fourth-order valence-electron chi connectivity index (χ4n) is 7.64. The van der Waals surface area contributed by atoms with E-state index < -0.39 is 0 Å². The van der Waals surface area contributed by atoms with Gasteiger partial charge in [0.2, 0.25) is 0 Å². The number of furan rings is 1. The first kappa shape index (κ1) is 29.1. The highest BCUT2D eigenvalue weighted by Crippen LogP contribution is 2.44. The Bertz CT molecular complexity index is 3180. The Morgan fingerprint density at radius 2 is 1.15 bits per heavy atom. The quantitative estimate of drug-likeness (QED) is 0.174. The molecular formula is C47H27N3OS. The Morgan fingerprint density at radius 3 is 2.02 bits per heavy atom. The Balaban J connectivity index is 1.14. The van der Waals surface area contributed by atoms with E-state index in [0.29, 0.717) is 5.82 Å². The fourth-order valence-corrected chi connectivity index (χ4v) is 8.89. The zero-order valence-corrected chi connectivity index (χ0v) is 28.6. The van der Waals surface area contributed by atoms with Gasteiger partial charge < -0.3 is 4.42 Å². The van der Waals surface area contributed by atoms with Crippen LogP contribution in [0.1, 0.15) is 0 Å². The van der Waals surface area contributed by atoms with E-state index in [1.54, 1.807) is 0 Å². The smallest absolute Gasteiger partial charge is 0.160 e. The number of benzene rings is 7. The first-order chi connectivity index (χ1) is 25.8. The SMILES string of the molecule is c1ccc(-c2cc(-c3cccc4c3oc3ccccc34)nc(-c3ccc4sc5c(ccc6c(-c7ccccc7)nc7ccccc7c65)c4c3)n2)cc1. The Kier molecular flexibility index (Phi) is 6.39. The lowest BCUT2D eigenvalue weighted by Crippen LogP contribution is -1.96. The van der Waals surface area contributed by atoms with E-state index >= 15 is 0 Å². The molecule has 0 atom stereocenters. The third-order valence-corrected chi connectivity index (χ3v) is 11.3. The lowest BCUT2D eigenvalue weighted by atomic mass is 9.98. The van der Waals surface area contributed by atoms with Crippen LogP contribution in [0.2, 0.25) is 0 Å². The van der Waals surface area contributed by atoms with Crippen LogP contribution in [0.3, 0.4) is 0 Å². The van der Waals surface area contributed by atoms with Crippen molar-refractivity contribution in [3.05, 3.63) is 164 Å². The third kappa shape index (κ3) is 4.50. The summed E-state index contributed by atoms with van der Waals surface area (Å²) < 4.78 is 8.95. The molecule has 7 aromatic carbocycles. The Hall–Kier alpha value is -6.69. The summed E-state index contributed by atoms with van der Waals surface area (Å²) in [5, 5.41) is 8.15. The highest BCUT2D eigenvalue weighted by Gasteiger charge is 2.19. The molecule has 0 radical (unpaired) electrons. The van der Waals surface area contributed by atoms with Crippen molar-refractivity contribution in [1.29, 1.82) is 0 Å². The van der Waals surface area contributed by atoms with Gasteiger partial charge in [0.05, 0.1) is 22.6 Å². The minimum Gasteiger partial charge on any atom is -0.455 e. The van der Waals surface area contributed by atoms with Crippen LogP contribution in [0.15, 0.2) is 168 Å². The van der Waals surface area contributed by atoms with Gasteiger partial charge in [0.15, 0.2) is 5.82 Å². The summed E-state index contributed by atoms with van der Waals surface area (Å²) in [6.45, 7) is 0. The first-order valence-corrected chi connectivity index (χ1v) is 18.2. The van der Waals surface area contributed by atoms with Crippen molar-refractivity contribution >= 4 is 75.1 Å². The molecule has 0 saturated heterocycles. The van der Waals surface area contributed by atoms with Gasteiger partial charge in [-0.15, -0.1) is 11.3 Å². The van der Waals surface area contributed by atoms with Gasteiger partial charge in [0.25, 0.3) is 0 Å². The Labute approximate surface area is 302 Å². The van der Waals surface area contributed by atoms with E-state index in [9.17, 15) is 0 Å². The minimum absolute atomic E-state index is 0.674. The lowest BCUT2D eigenvalue weighted by Gasteiger charge is -2.11. The topological polar surface area (TPSA) is 51.8 Å². The van der Waals surface area contributed by atoms with Crippen LogP contribution in [0.4, 0.5) is 0 Å². The molecule has 0 N–H and O–H groups in total. The van der Waals surface area contributed by atoms with Crippen molar-refractivity contribution in [2.24, 2.45) is 0 Å². The van der Waals surface area contributed by atoms with Crippen molar-refractivity contribution in [2.45, 2.75) is 0 Å². The molecule has 242 valence electrons. The molecule has 11 aromatic rings. The molecule has 0 saturated carbocycles. The largest absolute Gasteiger partial charge is 0.455 e. The molecule has 0 aliphatic rings. The van der Waals surface area contributed by atoms with Crippen LogP contribution in [0, 0.1) is 0 Å². The van der Waals surface area contributed by atoms with Crippen molar-refractivity contribution in [2.75, 3.05) is 0 Å². The predicted octanol–water partition coefficient (Wildman–Crippen LogP) is 13.1. The standard InChI is InChI=1S/C47H27N3OS/c1-3-12-28(13-4-1)39-27-40(35-19-11-18-32-31-16-8-10-21-41(31)51-45(32)35)50-47(49-39)30-22-25-42-37(26-30)33-23-24-36-43(46(33)52-42)34-17-7-9-20-38(34)48-44(36)29-14-5-2-6-15-29/h1-27H. The van der Waals surface area contributed by atoms with E-state index in [-0.39, 0.29) is 0 Å². The van der Waals surface area contributed by atoms with Crippen molar-refractivity contribution in [1.82, 2.24) is 15.0 Å². The van der Waals surface area contributed by atoms with Gasteiger partial charge in [0.1, 0.15) is 11.2 Å². The maximum Gasteiger partial charge on any atom is 0.160 e. The second-order valence-corrected chi connectivity index (χ2v) is 14.2. The maximum absolute atomic E-state index is 6.46. The molecule has 0 spiro atoms. The van der Waals surface area contributed by atoms with Gasteiger partial charge in [0, 0.05) is 69.4 Å². The van der Waals surface area contributed by atoms with E-state index in [0.717, 1.165) is 77.6 Å². The number of fused-ring (bicyclic) bond motifs is 10. The monoisotopic (exact) mass is 681 g/mol. The third-order valence-electron chi connectivity index (χ3n) is 10.1. The lowest BCUT2D eigenvalue weighted by molar-refractivity contribution is 0.670. The number of hydrogen-bond acceptors (Lipinski definition) is 5. The van der Waals surface area contributed by atoms with Crippen LogP contribution in [-0.4, -0.2) is 15.0 Å². The second kappa shape index (κ2) is 11.4. The maximum atomic E-state index is 6.46. The molecule has 0 bridgehead atoms. The number of pyridine rings is 1. The molecule has 11 rings (SSSR count). The first-order valence-electron chi connectivity index (χ1n) is 17.4. The van der Waals surface area contributed by atoms with Gasteiger partial charge in [-0.1, -0.05) is 121 Å². The van der Waals surface area contributed by atoms with Crippen molar-refractivity contribution < 1.29 is 4.42 Å². The van der Waals surface area contributed by atoms with Gasteiger partial charge in [-0.2, -0.15) is 0 Å². The summed E-state index contributed by atoms with van der Waals surface area (Å²) in [4.78, 5) is 15.6. The number of aromatic nitrogens is 3. The summed E-state index contributed by atoms with van der Waals surface area (Å²) in [6.07, 6.45) is 0. The summed E-state index contributed by atoms with van der Waals surface area (Å²) in [5.74, 6) is 0.674. The number of nitrogens with zero attached hydrogens (tertiary/aromatic N) is 3. The highest BCUT2D eigenvalue weighted by molar-refractivity contribution is 7.26. The summed E-state index contributed by atoms with van der Waals surface area (Å²) >= 11 is 1.84. The molecule has 0 unspecified atom stereocenters. The van der Waals surface area contributed by atoms with Crippen LogP contribution >= 0.6 is 11.3 Å². The molecule has 0 aliphatic carbocycles. The molecule has 0 aliphatic heterocycles. The predicted molar refractivity (Wildman–Crippen MR) is 217 cm³/mol. The number of hydrogen-bond donors (Lipinski definition) is 0. The molecule has 4 nitrogen and oxygen atoms in total. The normalized spacial score (nSPS) is 11.8. The van der Waals surface area contributed by atoms with E-state index in [4.69, 9.17) is 19.4 Å². The molecule has 4 aromatic heterocycles. The number of rotatable bonds is 4. The van der Waals surface area contributed by atoms with Gasteiger partial charge in [-0.05, 0) is 42.5 Å². The average molecular weight is 682 g/mol.